The molecule has 6 heteroatoms. The molecule has 0 unspecified atom stereocenters. The van der Waals surface area contributed by atoms with Gasteiger partial charge >= 0.3 is 5.97 Å². The van der Waals surface area contributed by atoms with Gasteiger partial charge in [0, 0.05) is 30.8 Å². The van der Waals surface area contributed by atoms with Gasteiger partial charge in [-0.05, 0) is 30.7 Å². The molecule has 0 spiro atoms. The molecule has 0 fully saturated rings. The van der Waals surface area contributed by atoms with E-state index in [2.05, 4.69) is 4.74 Å². The Morgan fingerprint density at radius 2 is 1.56 bits per heavy atom. The molecule has 140 valence electrons. The summed E-state index contributed by atoms with van der Waals surface area (Å²) in [6.07, 6.45) is 0.818. The number of pyridine rings is 1. The van der Waals surface area contributed by atoms with Crippen LogP contribution in [0.5, 0.6) is 0 Å². The Morgan fingerprint density at radius 1 is 1.00 bits per heavy atom. The predicted octanol–water partition coefficient (Wildman–Crippen LogP) is 2.57. The van der Waals surface area contributed by atoms with Gasteiger partial charge in [0.15, 0.2) is 5.43 Å². The van der Waals surface area contributed by atoms with E-state index < -0.39 is 0 Å². The summed E-state index contributed by atoms with van der Waals surface area (Å²) in [5.41, 5.74) is 1.44. The number of hydrogen-bond donors (Lipinski definition) is 0. The second-order valence-corrected chi connectivity index (χ2v) is 6.44. The second-order valence-electron chi connectivity index (χ2n) is 6.44. The molecule has 1 amide bonds. The molecular weight excluding hydrogens is 344 g/mol. The van der Waals surface area contributed by atoms with Crippen LogP contribution in [0.15, 0.2) is 53.3 Å². The summed E-state index contributed by atoms with van der Waals surface area (Å²) in [6, 6.07) is 14.6. The minimum absolute atomic E-state index is 0.0312. The third-order valence-electron chi connectivity index (χ3n) is 4.70. The van der Waals surface area contributed by atoms with Crippen molar-refractivity contribution >= 4 is 33.7 Å². The molecule has 1 aromatic heterocycles. The van der Waals surface area contributed by atoms with Crippen molar-refractivity contribution in [2.45, 2.75) is 19.4 Å². The van der Waals surface area contributed by atoms with Crippen molar-refractivity contribution in [3.8, 4) is 0 Å². The molecule has 0 saturated carbocycles. The molecule has 0 aliphatic heterocycles. The Bertz CT molecular complexity index is 995. The minimum Gasteiger partial charge on any atom is -0.469 e. The van der Waals surface area contributed by atoms with Crippen LogP contribution < -0.4 is 5.43 Å². The summed E-state index contributed by atoms with van der Waals surface area (Å²) in [5, 5.41) is 1.19. The average molecular weight is 366 g/mol. The van der Waals surface area contributed by atoms with Crippen LogP contribution in [0.25, 0.3) is 21.8 Å². The van der Waals surface area contributed by atoms with E-state index in [4.69, 9.17) is 0 Å². The summed E-state index contributed by atoms with van der Waals surface area (Å²) >= 11 is 0. The van der Waals surface area contributed by atoms with Crippen LogP contribution in [0, 0.1) is 0 Å². The van der Waals surface area contributed by atoms with Gasteiger partial charge in [0.1, 0.15) is 6.54 Å². The molecule has 3 rings (SSSR count). The number of carbonyl (C=O) groups excluding carboxylic acids is 2. The zero-order valence-electron chi connectivity index (χ0n) is 15.5. The molecular formula is C21H22N2O4. The van der Waals surface area contributed by atoms with Crippen LogP contribution >= 0.6 is 0 Å². The number of nitrogens with zero attached hydrogens (tertiary/aromatic N) is 2. The molecule has 2 aromatic carbocycles. The molecule has 0 saturated heterocycles. The summed E-state index contributed by atoms with van der Waals surface area (Å²) < 4.78 is 6.50. The largest absolute Gasteiger partial charge is 0.469 e. The zero-order valence-corrected chi connectivity index (χ0v) is 15.5. The first kappa shape index (κ1) is 18.6. The molecule has 0 aliphatic carbocycles. The number of amides is 1. The van der Waals surface area contributed by atoms with Gasteiger partial charge < -0.3 is 14.2 Å². The lowest BCUT2D eigenvalue weighted by atomic mass is 10.1. The Balaban J connectivity index is 1.91. The van der Waals surface area contributed by atoms with Crippen LogP contribution in [0.1, 0.15) is 12.8 Å². The van der Waals surface area contributed by atoms with Crippen LogP contribution in [-0.4, -0.2) is 42.0 Å². The van der Waals surface area contributed by atoms with Gasteiger partial charge in [-0.25, -0.2) is 0 Å². The quantitative estimate of drug-likeness (QED) is 0.497. The molecule has 1 heterocycles. The van der Waals surface area contributed by atoms with Crippen LogP contribution in [-0.2, 0) is 20.9 Å². The number of benzene rings is 2. The third kappa shape index (κ3) is 3.84. The Kier molecular flexibility index (Phi) is 5.54. The maximum absolute atomic E-state index is 12.7. The number of fused-ring (bicyclic) bond motifs is 2. The highest BCUT2D eigenvalue weighted by molar-refractivity contribution is 5.94. The number of methoxy groups -OCH3 is 1. The number of aromatic nitrogens is 1. The van der Waals surface area contributed by atoms with E-state index in [-0.39, 0.29) is 30.3 Å². The number of rotatable bonds is 6. The van der Waals surface area contributed by atoms with E-state index in [9.17, 15) is 14.4 Å². The molecule has 3 aromatic rings. The van der Waals surface area contributed by atoms with E-state index in [1.807, 2.05) is 41.0 Å². The third-order valence-corrected chi connectivity index (χ3v) is 4.70. The van der Waals surface area contributed by atoms with Gasteiger partial charge in [-0.2, -0.15) is 0 Å². The van der Waals surface area contributed by atoms with Crippen molar-refractivity contribution in [3.05, 3.63) is 58.8 Å². The summed E-state index contributed by atoms with van der Waals surface area (Å²) in [6.45, 7) is 0.583. The highest BCUT2D eigenvalue weighted by atomic mass is 16.5. The normalized spacial score (nSPS) is 10.9. The van der Waals surface area contributed by atoms with Crippen molar-refractivity contribution in [1.29, 1.82) is 0 Å². The molecule has 6 nitrogen and oxygen atoms in total. The topological polar surface area (TPSA) is 68.6 Å². The van der Waals surface area contributed by atoms with Crippen molar-refractivity contribution in [1.82, 2.24) is 9.47 Å². The fraction of sp³-hybridized carbons (Fsp3) is 0.286. The van der Waals surface area contributed by atoms with E-state index in [0.717, 1.165) is 11.0 Å². The van der Waals surface area contributed by atoms with E-state index in [1.54, 1.807) is 24.1 Å². The number of hydrogen-bond acceptors (Lipinski definition) is 4. The summed E-state index contributed by atoms with van der Waals surface area (Å²) in [7, 11) is 3.07. The monoisotopic (exact) mass is 366 g/mol. The van der Waals surface area contributed by atoms with E-state index in [1.165, 1.54) is 7.11 Å². The maximum Gasteiger partial charge on any atom is 0.305 e. The lowest BCUT2D eigenvalue weighted by Crippen LogP contribution is -2.32. The van der Waals surface area contributed by atoms with Crippen molar-refractivity contribution < 1.29 is 14.3 Å². The van der Waals surface area contributed by atoms with Crippen molar-refractivity contribution in [2.75, 3.05) is 20.7 Å². The van der Waals surface area contributed by atoms with Gasteiger partial charge in [0.25, 0.3) is 0 Å². The Morgan fingerprint density at radius 3 is 2.11 bits per heavy atom. The number of esters is 1. The maximum atomic E-state index is 12.7. The summed E-state index contributed by atoms with van der Waals surface area (Å²) in [4.78, 5) is 38.3. The standard InChI is InChI=1S/C21H22N2O4/c1-22(13-7-12-20(25)27-2)19(24)14-23-17-10-5-3-8-15(17)21(26)16-9-4-6-11-18(16)23/h3-6,8-11H,7,12-14H2,1-2H3. The number of likely N-dealkylation sites (N-methyl/N-ethyl adjacent to an activating group) is 1. The van der Waals surface area contributed by atoms with Gasteiger partial charge in [-0.3, -0.25) is 14.4 Å². The van der Waals surface area contributed by atoms with Crippen LogP contribution in [0.4, 0.5) is 0 Å². The van der Waals surface area contributed by atoms with E-state index in [0.29, 0.717) is 23.7 Å². The van der Waals surface area contributed by atoms with Crippen molar-refractivity contribution in [2.24, 2.45) is 0 Å². The lowest BCUT2D eigenvalue weighted by Gasteiger charge is -2.20. The Labute approximate surface area is 157 Å². The number of para-hydroxylation sites is 2. The van der Waals surface area contributed by atoms with Gasteiger partial charge in [0.05, 0.1) is 18.1 Å². The lowest BCUT2D eigenvalue weighted by molar-refractivity contribution is -0.141. The van der Waals surface area contributed by atoms with Crippen LogP contribution in [0.2, 0.25) is 0 Å². The highest BCUT2D eigenvalue weighted by Gasteiger charge is 2.15. The first-order valence-corrected chi connectivity index (χ1v) is 8.84. The molecule has 0 bridgehead atoms. The number of ether oxygens (including phenoxy) is 1. The fourth-order valence-corrected chi connectivity index (χ4v) is 3.19. The zero-order chi connectivity index (χ0) is 19.4. The smallest absolute Gasteiger partial charge is 0.305 e. The van der Waals surface area contributed by atoms with Crippen LogP contribution in [0.3, 0.4) is 0 Å². The fourth-order valence-electron chi connectivity index (χ4n) is 3.19. The minimum atomic E-state index is -0.284. The molecule has 0 radical (unpaired) electrons. The highest BCUT2D eigenvalue weighted by Crippen LogP contribution is 2.19. The predicted molar refractivity (Wildman–Crippen MR) is 105 cm³/mol. The van der Waals surface area contributed by atoms with Crippen molar-refractivity contribution in [3.63, 3.8) is 0 Å². The van der Waals surface area contributed by atoms with Gasteiger partial charge in [0.2, 0.25) is 5.91 Å². The van der Waals surface area contributed by atoms with E-state index >= 15 is 0 Å². The first-order chi connectivity index (χ1) is 13.0. The molecule has 0 atom stereocenters. The molecule has 0 aliphatic rings. The number of carbonyl (C=O) groups is 2. The summed E-state index contributed by atoms with van der Waals surface area (Å²) in [5.74, 6) is -0.368. The first-order valence-electron chi connectivity index (χ1n) is 8.84. The molecule has 0 N–H and O–H groups in total. The molecule has 27 heavy (non-hydrogen) atoms. The SMILES string of the molecule is COC(=O)CCCN(C)C(=O)Cn1c2ccccc2c(=O)c2ccccc21. The van der Waals surface area contributed by atoms with Gasteiger partial charge in [-0.15, -0.1) is 0 Å². The van der Waals surface area contributed by atoms with Gasteiger partial charge in [-0.1, -0.05) is 24.3 Å². The Hall–Kier alpha value is -3.15. The average Bonchev–Trinajstić information content (AvgIpc) is 2.70. The second kappa shape index (κ2) is 8.03.